The third-order valence-corrected chi connectivity index (χ3v) is 2.54. The molecule has 0 spiro atoms. The molecule has 1 N–H and O–H groups in total. The summed E-state index contributed by atoms with van der Waals surface area (Å²) in [6.07, 6.45) is 0. The molecule has 0 bridgehead atoms. The van der Waals surface area contributed by atoms with Crippen LogP contribution < -0.4 is 10.1 Å². The van der Waals surface area contributed by atoms with Gasteiger partial charge < -0.3 is 10.1 Å². The van der Waals surface area contributed by atoms with Crippen molar-refractivity contribution < 1.29 is 4.74 Å². The molecule has 0 saturated heterocycles. The van der Waals surface area contributed by atoms with Gasteiger partial charge in [0.2, 0.25) is 0 Å². The minimum atomic E-state index is 0.474. The fourth-order valence-electron chi connectivity index (χ4n) is 1.07. The highest BCUT2D eigenvalue weighted by atomic mass is 79.9. The summed E-state index contributed by atoms with van der Waals surface area (Å²) in [6, 6.07) is 5.53. The number of likely N-dealkylation sites (N-methyl/N-ethyl adjacent to an activating group) is 1. The summed E-state index contributed by atoms with van der Waals surface area (Å²) in [5.41, 5.74) is 0.983. The zero-order valence-electron chi connectivity index (χ0n) is 8.52. The van der Waals surface area contributed by atoms with Gasteiger partial charge >= 0.3 is 0 Å². The van der Waals surface area contributed by atoms with Crippen LogP contribution in [0.3, 0.4) is 0 Å². The van der Waals surface area contributed by atoms with Gasteiger partial charge in [0, 0.05) is 11.0 Å². The van der Waals surface area contributed by atoms with Crippen LogP contribution in [-0.4, -0.2) is 20.2 Å². The minimum absolute atomic E-state index is 0.474. The normalized spacial score (nSPS) is 10.1. The number of hydrogen-bond acceptors (Lipinski definition) is 2. The number of rotatable bonds is 5. The smallest absolute Gasteiger partial charge is 0.138 e. The summed E-state index contributed by atoms with van der Waals surface area (Å²) in [5.74, 6) is 0.678. The molecule has 82 valence electrons. The summed E-state index contributed by atoms with van der Waals surface area (Å²) in [6.45, 7) is 5.09. The lowest BCUT2D eigenvalue weighted by Crippen LogP contribution is -2.14. The fraction of sp³-hybridized carbons (Fsp3) is 0.273. The van der Waals surface area contributed by atoms with Crippen molar-refractivity contribution in [3.8, 4) is 5.75 Å². The Morgan fingerprint density at radius 2 is 2.33 bits per heavy atom. The number of hydrogen-bond donors (Lipinski definition) is 1. The highest BCUT2D eigenvalue weighted by Crippen LogP contribution is 2.27. The Morgan fingerprint density at radius 3 is 2.93 bits per heavy atom. The Kier molecular flexibility index (Phi) is 5.15. The topological polar surface area (TPSA) is 21.3 Å². The fourth-order valence-corrected chi connectivity index (χ4v) is 1.80. The van der Waals surface area contributed by atoms with Crippen LogP contribution in [0.2, 0.25) is 5.02 Å². The zero-order valence-corrected chi connectivity index (χ0v) is 10.9. The van der Waals surface area contributed by atoms with E-state index in [4.69, 9.17) is 16.3 Å². The molecule has 2 nitrogen and oxygen atoms in total. The van der Waals surface area contributed by atoms with E-state index in [1.807, 2.05) is 19.2 Å². The molecule has 0 atom stereocenters. The van der Waals surface area contributed by atoms with Gasteiger partial charge in [0.15, 0.2) is 0 Å². The molecule has 0 radical (unpaired) electrons. The predicted octanol–water partition coefficient (Wildman–Crippen LogP) is 3.26. The van der Waals surface area contributed by atoms with Gasteiger partial charge in [-0.05, 0) is 30.8 Å². The molecule has 1 aromatic carbocycles. The van der Waals surface area contributed by atoms with Crippen molar-refractivity contribution in [2.24, 2.45) is 0 Å². The zero-order chi connectivity index (χ0) is 11.3. The van der Waals surface area contributed by atoms with E-state index >= 15 is 0 Å². The lowest BCUT2D eigenvalue weighted by molar-refractivity contribution is 0.349. The van der Waals surface area contributed by atoms with Gasteiger partial charge in [0.1, 0.15) is 12.4 Å². The van der Waals surface area contributed by atoms with E-state index in [1.165, 1.54) is 0 Å². The average Bonchev–Trinajstić information content (AvgIpc) is 2.17. The van der Waals surface area contributed by atoms with E-state index < -0.39 is 0 Å². The maximum absolute atomic E-state index is 5.99. The van der Waals surface area contributed by atoms with Crippen LogP contribution >= 0.6 is 27.5 Å². The average molecular weight is 291 g/mol. The number of halogens is 2. The number of ether oxygens (including phenoxy) is 1. The van der Waals surface area contributed by atoms with E-state index in [-0.39, 0.29) is 0 Å². The third-order valence-electron chi connectivity index (χ3n) is 1.75. The summed E-state index contributed by atoms with van der Waals surface area (Å²) >= 11 is 9.32. The molecule has 0 aromatic heterocycles. The Bertz CT molecular complexity index is 354. The van der Waals surface area contributed by atoms with Crippen LogP contribution in [0.15, 0.2) is 34.8 Å². The maximum atomic E-state index is 5.99. The molecular weight excluding hydrogens is 277 g/mol. The van der Waals surface area contributed by atoms with E-state index in [0.29, 0.717) is 17.4 Å². The van der Waals surface area contributed by atoms with Crippen LogP contribution in [0.5, 0.6) is 5.75 Å². The van der Waals surface area contributed by atoms with Crippen molar-refractivity contribution in [1.29, 1.82) is 0 Å². The van der Waals surface area contributed by atoms with Gasteiger partial charge in [-0.1, -0.05) is 34.1 Å². The SMILES string of the molecule is C=C(CNC)COc1ccc(Br)cc1Cl. The molecule has 0 aliphatic rings. The molecule has 1 aromatic rings. The first-order chi connectivity index (χ1) is 7.13. The van der Waals surface area contributed by atoms with Gasteiger partial charge in [-0.15, -0.1) is 0 Å². The van der Waals surface area contributed by atoms with Crippen molar-refractivity contribution in [3.05, 3.63) is 39.8 Å². The minimum Gasteiger partial charge on any atom is -0.488 e. The van der Waals surface area contributed by atoms with E-state index in [1.54, 1.807) is 6.07 Å². The number of benzene rings is 1. The van der Waals surface area contributed by atoms with E-state index in [2.05, 4.69) is 27.8 Å². The second-order valence-electron chi connectivity index (χ2n) is 3.14. The van der Waals surface area contributed by atoms with Crippen molar-refractivity contribution in [3.63, 3.8) is 0 Å². The molecule has 0 fully saturated rings. The van der Waals surface area contributed by atoms with Crippen molar-refractivity contribution in [1.82, 2.24) is 5.32 Å². The van der Waals surface area contributed by atoms with Crippen molar-refractivity contribution in [2.75, 3.05) is 20.2 Å². The van der Waals surface area contributed by atoms with Gasteiger partial charge in [-0.2, -0.15) is 0 Å². The Balaban J connectivity index is 2.54. The van der Waals surface area contributed by atoms with Gasteiger partial charge in [0.25, 0.3) is 0 Å². The molecule has 0 amide bonds. The molecule has 0 saturated carbocycles. The molecule has 4 heteroatoms. The second-order valence-corrected chi connectivity index (χ2v) is 4.47. The van der Waals surface area contributed by atoms with Gasteiger partial charge in [0.05, 0.1) is 5.02 Å². The molecule has 0 heterocycles. The summed E-state index contributed by atoms with van der Waals surface area (Å²) in [5, 5.41) is 3.61. The molecule has 0 aliphatic heterocycles. The first kappa shape index (κ1) is 12.6. The van der Waals surface area contributed by atoms with Gasteiger partial charge in [-0.25, -0.2) is 0 Å². The van der Waals surface area contributed by atoms with E-state index in [9.17, 15) is 0 Å². The Morgan fingerprint density at radius 1 is 1.60 bits per heavy atom. The molecule has 0 unspecified atom stereocenters. The number of nitrogens with one attached hydrogen (secondary N) is 1. The molecule has 15 heavy (non-hydrogen) atoms. The Hall–Kier alpha value is -0.510. The highest BCUT2D eigenvalue weighted by Gasteiger charge is 2.02. The highest BCUT2D eigenvalue weighted by molar-refractivity contribution is 9.10. The second kappa shape index (κ2) is 6.16. The van der Waals surface area contributed by atoms with Crippen LogP contribution in [-0.2, 0) is 0 Å². The summed E-state index contributed by atoms with van der Waals surface area (Å²) < 4.78 is 6.45. The Labute approximate surface area is 103 Å². The summed E-state index contributed by atoms with van der Waals surface area (Å²) in [4.78, 5) is 0. The molecular formula is C11H13BrClNO. The predicted molar refractivity (Wildman–Crippen MR) is 67.7 cm³/mol. The summed E-state index contributed by atoms with van der Waals surface area (Å²) in [7, 11) is 1.87. The first-order valence-electron chi connectivity index (χ1n) is 4.52. The first-order valence-corrected chi connectivity index (χ1v) is 5.69. The standard InChI is InChI=1S/C11H13BrClNO/c1-8(6-14-2)7-15-11-4-3-9(12)5-10(11)13/h3-5,14H,1,6-7H2,2H3. The van der Waals surface area contributed by atoms with Gasteiger partial charge in [-0.3, -0.25) is 0 Å². The third kappa shape index (κ3) is 4.24. The maximum Gasteiger partial charge on any atom is 0.138 e. The quantitative estimate of drug-likeness (QED) is 0.841. The largest absolute Gasteiger partial charge is 0.488 e. The van der Waals surface area contributed by atoms with Crippen LogP contribution in [0.4, 0.5) is 0 Å². The van der Waals surface area contributed by atoms with Crippen LogP contribution in [0.25, 0.3) is 0 Å². The molecule has 1 rings (SSSR count). The van der Waals surface area contributed by atoms with E-state index in [0.717, 1.165) is 16.6 Å². The lowest BCUT2D eigenvalue weighted by Gasteiger charge is -2.09. The van der Waals surface area contributed by atoms with Crippen LogP contribution in [0.1, 0.15) is 0 Å². The van der Waals surface area contributed by atoms with Crippen molar-refractivity contribution >= 4 is 27.5 Å². The van der Waals surface area contributed by atoms with Crippen LogP contribution in [0, 0.1) is 0 Å². The molecule has 0 aliphatic carbocycles. The monoisotopic (exact) mass is 289 g/mol. The lowest BCUT2D eigenvalue weighted by atomic mass is 10.3. The van der Waals surface area contributed by atoms with Crippen molar-refractivity contribution in [2.45, 2.75) is 0 Å².